The first-order chi connectivity index (χ1) is 17.1. The fourth-order valence-corrected chi connectivity index (χ4v) is 4.47. The molecule has 1 atom stereocenters. The molecule has 0 radical (unpaired) electrons. The maximum Gasteiger partial charge on any atom is 0.306 e. The molecule has 0 aliphatic heterocycles. The molecule has 0 aliphatic rings. The summed E-state index contributed by atoms with van der Waals surface area (Å²) in [5, 5.41) is 0. The minimum atomic E-state index is -0.140. The van der Waals surface area contributed by atoms with Gasteiger partial charge < -0.3 is 9.47 Å². The van der Waals surface area contributed by atoms with Gasteiger partial charge in [-0.15, -0.1) is 0 Å². The second-order valence-corrected chi connectivity index (χ2v) is 10.5. The number of ether oxygens (including phenoxy) is 2. The van der Waals surface area contributed by atoms with Crippen molar-refractivity contribution in [2.24, 2.45) is 0 Å². The van der Waals surface area contributed by atoms with E-state index in [2.05, 4.69) is 13.8 Å². The largest absolute Gasteiger partial charge is 0.466 e. The van der Waals surface area contributed by atoms with E-state index < -0.39 is 0 Å². The quantitative estimate of drug-likeness (QED) is 0.0838. The summed E-state index contributed by atoms with van der Waals surface area (Å²) in [4.78, 5) is 23.7. The first kappa shape index (κ1) is 33.9. The Labute approximate surface area is 218 Å². The van der Waals surface area contributed by atoms with E-state index in [1.54, 1.807) is 0 Å². The molecule has 0 aromatic heterocycles. The number of unbranched alkanes of at least 4 members (excludes halogenated alkanes) is 18. The summed E-state index contributed by atoms with van der Waals surface area (Å²) in [6, 6.07) is 0. The molecule has 0 aromatic carbocycles. The maximum absolute atomic E-state index is 11.9. The summed E-state index contributed by atoms with van der Waals surface area (Å²) >= 11 is 0. The Hall–Kier alpha value is -1.06. The van der Waals surface area contributed by atoms with Crippen molar-refractivity contribution in [2.45, 2.75) is 181 Å². The van der Waals surface area contributed by atoms with Crippen molar-refractivity contribution < 1.29 is 19.1 Å². The predicted octanol–water partition coefficient (Wildman–Crippen LogP) is 9.86. The van der Waals surface area contributed by atoms with Crippen LogP contribution in [-0.4, -0.2) is 24.6 Å². The molecule has 0 saturated carbocycles. The summed E-state index contributed by atoms with van der Waals surface area (Å²) in [6.45, 7) is 6.98. The lowest BCUT2D eigenvalue weighted by Crippen LogP contribution is -2.14. The van der Waals surface area contributed by atoms with E-state index in [1.165, 1.54) is 103 Å². The normalized spacial score (nSPS) is 12.0. The van der Waals surface area contributed by atoms with Crippen LogP contribution in [0.1, 0.15) is 175 Å². The van der Waals surface area contributed by atoms with Crippen LogP contribution in [0.4, 0.5) is 0 Å². The lowest BCUT2D eigenvalue weighted by molar-refractivity contribution is -0.149. The van der Waals surface area contributed by atoms with Gasteiger partial charge in [-0.2, -0.15) is 0 Å². The number of carbonyl (C=O) groups excluding carboxylic acids is 2. The SMILES string of the molecule is CCCCCCCCCCCCCCCCCOC(=O)CCCCC(=O)OC(C)CCCCCC. The Morgan fingerprint density at radius 2 is 0.914 bits per heavy atom. The van der Waals surface area contributed by atoms with Crippen LogP contribution in [0, 0.1) is 0 Å². The van der Waals surface area contributed by atoms with Gasteiger partial charge >= 0.3 is 11.9 Å². The fourth-order valence-electron chi connectivity index (χ4n) is 4.47. The number of hydrogen-bond acceptors (Lipinski definition) is 4. The van der Waals surface area contributed by atoms with Crippen LogP contribution >= 0.6 is 0 Å². The van der Waals surface area contributed by atoms with Gasteiger partial charge in [0.15, 0.2) is 0 Å². The summed E-state index contributed by atoms with van der Waals surface area (Å²) in [5.74, 6) is -0.271. The summed E-state index contributed by atoms with van der Waals surface area (Å²) < 4.78 is 10.8. The molecular formula is C31H60O4. The molecule has 4 nitrogen and oxygen atoms in total. The van der Waals surface area contributed by atoms with Crippen LogP contribution in [0.5, 0.6) is 0 Å². The lowest BCUT2D eigenvalue weighted by atomic mass is 10.0. The Balaban J connectivity index is 3.33. The van der Waals surface area contributed by atoms with E-state index in [4.69, 9.17) is 9.47 Å². The molecule has 0 spiro atoms. The van der Waals surface area contributed by atoms with Gasteiger partial charge in [-0.1, -0.05) is 123 Å². The van der Waals surface area contributed by atoms with Crippen molar-refractivity contribution in [3.8, 4) is 0 Å². The summed E-state index contributed by atoms with van der Waals surface area (Å²) in [6.07, 6.45) is 27.9. The van der Waals surface area contributed by atoms with E-state index in [-0.39, 0.29) is 18.0 Å². The lowest BCUT2D eigenvalue weighted by Gasteiger charge is -2.13. The van der Waals surface area contributed by atoms with Gasteiger partial charge in [-0.3, -0.25) is 9.59 Å². The van der Waals surface area contributed by atoms with Crippen molar-refractivity contribution in [3.63, 3.8) is 0 Å². The fraction of sp³-hybridized carbons (Fsp3) is 0.935. The zero-order valence-electron chi connectivity index (χ0n) is 23.9. The molecule has 1 unspecified atom stereocenters. The number of hydrogen-bond donors (Lipinski definition) is 0. The van der Waals surface area contributed by atoms with E-state index in [0.717, 1.165) is 25.7 Å². The highest BCUT2D eigenvalue weighted by Gasteiger charge is 2.10. The maximum atomic E-state index is 11.9. The van der Waals surface area contributed by atoms with Crippen molar-refractivity contribution in [1.29, 1.82) is 0 Å². The molecule has 0 heterocycles. The Morgan fingerprint density at radius 3 is 1.40 bits per heavy atom. The van der Waals surface area contributed by atoms with Gasteiger partial charge in [-0.05, 0) is 39.0 Å². The summed E-state index contributed by atoms with van der Waals surface area (Å²) in [5.41, 5.74) is 0. The molecule has 0 aliphatic carbocycles. The molecule has 0 bridgehead atoms. The van der Waals surface area contributed by atoms with Crippen LogP contribution in [0.3, 0.4) is 0 Å². The van der Waals surface area contributed by atoms with Gasteiger partial charge in [0.2, 0.25) is 0 Å². The van der Waals surface area contributed by atoms with E-state index in [9.17, 15) is 9.59 Å². The molecule has 0 fully saturated rings. The number of rotatable bonds is 27. The standard InChI is InChI=1S/C31H60O4/c1-4-6-8-10-11-12-13-14-15-16-17-18-19-20-24-28-34-30(32)26-22-23-27-31(33)35-29(3)25-21-9-7-5-2/h29H,4-28H2,1-3H3. The Bertz CT molecular complexity index is 463. The highest BCUT2D eigenvalue weighted by Crippen LogP contribution is 2.14. The second-order valence-electron chi connectivity index (χ2n) is 10.5. The van der Waals surface area contributed by atoms with Crippen molar-refractivity contribution >= 4 is 11.9 Å². The third-order valence-corrected chi connectivity index (χ3v) is 6.82. The first-order valence-electron chi connectivity index (χ1n) is 15.4. The molecule has 0 amide bonds. The molecule has 0 aromatic rings. The third-order valence-electron chi connectivity index (χ3n) is 6.82. The number of carbonyl (C=O) groups is 2. The number of esters is 2. The Morgan fingerprint density at radius 1 is 0.514 bits per heavy atom. The van der Waals surface area contributed by atoms with Crippen LogP contribution in [0.15, 0.2) is 0 Å². The van der Waals surface area contributed by atoms with Crippen molar-refractivity contribution in [1.82, 2.24) is 0 Å². The first-order valence-corrected chi connectivity index (χ1v) is 15.4. The minimum absolute atomic E-state index is 0.000717. The average molecular weight is 497 g/mol. The zero-order valence-corrected chi connectivity index (χ0v) is 23.9. The smallest absolute Gasteiger partial charge is 0.306 e. The second kappa shape index (κ2) is 27.5. The molecular weight excluding hydrogens is 436 g/mol. The van der Waals surface area contributed by atoms with Crippen LogP contribution in [0.2, 0.25) is 0 Å². The van der Waals surface area contributed by atoms with E-state index in [0.29, 0.717) is 32.3 Å². The van der Waals surface area contributed by atoms with Gasteiger partial charge in [0.05, 0.1) is 12.7 Å². The van der Waals surface area contributed by atoms with Gasteiger partial charge in [-0.25, -0.2) is 0 Å². The van der Waals surface area contributed by atoms with Crippen LogP contribution in [0.25, 0.3) is 0 Å². The highest BCUT2D eigenvalue weighted by molar-refractivity contribution is 5.70. The third kappa shape index (κ3) is 27.4. The van der Waals surface area contributed by atoms with Crippen molar-refractivity contribution in [2.75, 3.05) is 6.61 Å². The van der Waals surface area contributed by atoms with Gasteiger partial charge in [0.1, 0.15) is 0 Å². The summed E-state index contributed by atoms with van der Waals surface area (Å²) in [7, 11) is 0. The van der Waals surface area contributed by atoms with Crippen LogP contribution in [-0.2, 0) is 19.1 Å². The van der Waals surface area contributed by atoms with Gasteiger partial charge in [0, 0.05) is 12.8 Å². The van der Waals surface area contributed by atoms with E-state index in [1.807, 2.05) is 6.92 Å². The Kier molecular flexibility index (Phi) is 26.7. The average Bonchev–Trinajstić information content (AvgIpc) is 2.84. The monoisotopic (exact) mass is 496 g/mol. The van der Waals surface area contributed by atoms with E-state index >= 15 is 0 Å². The molecule has 0 rings (SSSR count). The molecule has 208 valence electrons. The highest BCUT2D eigenvalue weighted by atomic mass is 16.5. The molecule has 35 heavy (non-hydrogen) atoms. The molecule has 4 heteroatoms. The van der Waals surface area contributed by atoms with Gasteiger partial charge in [0.25, 0.3) is 0 Å². The van der Waals surface area contributed by atoms with Crippen molar-refractivity contribution in [3.05, 3.63) is 0 Å². The molecule has 0 N–H and O–H groups in total. The minimum Gasteiger partial charge on any atom is -0.466 e. The topological polar surface area (TPSA) is 52.6 Å². The predicted molar refractivity (Wildman–Crippen MR) is 149 cm³/mol. The zero-order chi connectivity index (χ0) is 25.8. The molecule has 0 saturated heterocycles. The van der Waals surface area contributed by atoms with Crippen LogP contribution < -0.4 is 0 Å².